The Morgan fingerprint density at radius 3 is 2.43 bits per heavy atom. The van der Waals surface area contributed by atoms with Crippen LogP contribution >= 0.6 is 11.6 Å². The molecule has 0 aliphatic carbocycles. The number of halogens is 1. The van der Waals surface area contributed by atoms with Crippen LogP contribution in [0.25, 0.3) is 0 Å². The van der Waals surface area contributed by atoms with Gasteiger partial charge in [0, 0.05) is 17.0 Å². The highest BCUT2D eigenvalue weighted by Gasteiger charge is 2.21. The van der Waals surface area contributed by atoms with Gasteiger partial charge in [-0.05, 0) is 42.5 Å². The van der Waals surface area contributed by atoms with Crippen LogP contribution in [0.15, 0.2) is 48.5 Å². The monoisotopic (exact) mass is 302 g/mol. The first kappa shape index (κ1) is 16.0. The molecule has 3 N–H and O–H groups in total. The number of hydrazine groups is 1. The average Bonchev–Trinajstić information content (AvgIpc) is 2.50. The first-order chi connectivity index (χ1) is 10.2. The zero-order valence-corrected chi connectivity index (χ0v) is 13.4. The van der Waals surface area contributed by atoms with Crippen molar-refractivity contribution >= 4 is 11.6 Å². The van der Waals surface area contributed by atoms with E-state index >= 15 is 0 Å². The number of nitrogens with one attached hydrogen (secondary N) is 1. The van der Waals surface area contributed by atoms with Gasteiger partial charge in [0.25, 0.3) is 0 Å². The van der Waals surface area contributed by atoms with Crippen molar-refractivity contribution in [3.05, 3.63) is 70.2 Å². The van der Waals surface area contributed by atoms with Crippen molar-refractivity contribution in [1.29, 1.82) is 0 Å². The van der Waals surface area contributed by atoms with E-state index in [0.717, 1.165) is 23.4 Å². The Morgan fingerprint density at radius 2 is 1.86 bits per heavy atom. The third-order valence-corrected chi connectivity index (χ3v) is 4.37. The molecule has 2 nitrogen and oxygen atoms in total. The summed E-state index contributed by atoms with van der Waals surface area (Å²) in [7, 11) is 0. The molecule has 0 aliphatic rings. The molecule has 2 aromatic rings. The van der Waals surface area contributed by atoms with Crippen molar-refractivity contribution in [2.45, 2.75) is 38.6 Å². The summed E-state index contributed by atoms with van der Waals surface area (Å²) in [5.41, 5.74) is 6.61. The molecule has 0 fully saturated rings. The van der Waals surface area contributed by atoms with Gasteiger partial charge in [0.05, 0.1) is 0 Å². The molecule has 0 spiro atoms. The summed E-state index contributed by atoms with van der Waals surface area (Å²) in [6.07, 6.45) is 1.85. The minimum atomic E-state index is 0.164. The molecule has 112 valence electrons. The maximum Gasteiger partial charge on any atom is 0.0441 e. The van der Waals surface area contributed by atoms with Gasteiger partial charge < -0.3 is 0 Å². The topological polar surface area (TPSA) is 38.0 Å². The number of benzene rings is 2. The summed E-state index contributed by atoms with van der Waals surface area (Å²) >= 11 is 6.36. The second-order valence-corrected chi connectivity index (χ2v) is 5.90. The minimum Gasteiger partial charge on any atom is -0.271 e. The van der Waals surface area contributed by atoms with Gasteiger partial charge in [0.15, 0.2) is 0 Å². The molecule has 0 bridgehead atoms. The largest absolute Gasteiger partial charge is 0.271 e. The molecule has 0 radical (unpaired) electrons. The van der Waals surface area contributed by atoms with Crippen molar-refractivity contribution in [3.8, 4) is 0 Å². The number of rotatable bonds is 6. The summed E-state index contributed by atoms with van der Waals surface area (Å²) < 4.78 is 0. The van der Waals surface area contributed by atoms with Crippen LogP contribution < -0.4 is 11.3 Å². The lowest BCUT2D eigenvalue weighted by molar-refractivity contribution is 0.427. The van der Waals surface area contributed by atoms with Crippen molar-refractivity contribution in [1.82, 2.24) is 5.43 Å². The highest BCUT2D eigenvalue weighted by atomic mass is 35.5. The summed E-state index contributed by atoms with van der Waals surface area (Å²) in [6.45, 7) is 4.24. The lowest BCUT2D eigenvalue weighted by Gasteiger charge is -2.26. The van der Waals surface area contributed by atoms with Crippen LogP contribution in [0.5, 0.6) is 0 Å². The number of hydrogen-bond acceptors (Lipinski definition) is 2. The van der Waals surface area contributed by atoms with E-state index < -0.39 is 0 Å². The molecule has 2 unspecified atom stereocenters. The first-order valence-corrected chi connectivity index (χ1v) is 7.79. The molecular weight excluding hydrogens is 280 g/mol. The van der Waals surface area contributed by atoms with Crippen molar-refractivity contribution in [2.75, 3.05) is 0 Å². The molecule has 0 saturated heterocycles. The first-order valence-electron chi connectivity index (χ1n) is 7.41. The molecule has 0 heterocycles. The molecule has 2 atom stereocenters. The van der Waals surface area contributed by atoms with Crippen LogP contribution in [-0.2, 0) is 6.42 Å². The molecule has 3 heteroatoms. The third kappa shape index (κ3) is 4.07. The van der Waals surface area contributed by atoms with Crippen LogP contribution in [0.1, 0.15) is 36.0 Å². The predicted molar refractivity (Wildman–Crippen MR) is 90.5 cm³/mol. The van der Waals surface area contributed by atoms with Crippen molar-refractivity contribution in [3.63, 3.8) is 0 Å². The summed E-state index contributed by atoms with van der Waals surface area (Å²) in [5.74, 6) is 6.19. The number of hydrogen-bond donors (Lipinski definition) is 2. The molecule has 0 amide bonds. The van der Waals surface area contributed by atoms with Crippen molar-refractivity contribution < 1.29 is 0 Å². The Balaban J connectivity index is 2.22. The fourth-order valence-corrected chi connectivity index (χ4v) is 3.14. The minimum absolute atomic E-state index is 0.164. The summed E-state index contributed by atoms with van der Waals surface area (Å²) in [5, 5.41) is 0.818. The Hall–Kier alpha value is -1.35. The molecule has 2 aromatic carbocycles. The second kappa shape index (κ2) is 7.60. The zero-order valence-electron chi connectivity index (χ0n) is 12.6. The van der Waals surface area contributed by atoms with E-state index in [1.54, 1.807) is 0 Å². The van der Waals surface area contributed by atoms with E-state index in [9.17, 15) is 0 Å². The summed E-state index contributed by atoms with van der Waals surface area (Å²) in [4.78, 5) is 0. The SMILES string of the molecule is CCC(c1ccccc1)C(Cc1ccc(C)cc1Cl)NN. The van der Waals surface area contributed by atoms with Crippen LogP contribution in [0.4, 0.5) is 0 Å². The van der Waals surface area contributed by atoms with Crippen LogP contribution in [0, 0.1) is 6.92 Å². The summed E-state index contributed by atoms with van der Waals surface area (Å²) in [6, 6.07) is 16.9. The van der Waals surface area contributed by atoms with Gasteiger partial charge in [0.1, 0.15) is 0 Å². The highest BCUT2D eigenvalue weighted by Crippen LogP contribution is 2.27. The van der Waals surface area contributed by atoms with Crippen LogP contribution in [0.2, 0.25) is 5.02 Å². The Labute approximate surface area is 132 Å². The Bertz CT molecular complexity index is 569. The zero-order chi connectivity index (χ0) is 15.2. The molecular formula is C18H23ClN2. The van der Waals surface area contributed by atoms with Gasteiger partial charge in [-0.2, -0.15) is 0 Å². The van der Waals surface area contributed by atoms with E-state index in [-0.39, 0.29) is 6.04 Å². The smallest absolute Gasteiger partial charge is 0.0441 e. The maximum absolute atomic E-state index is 6.36. The van der Waals surface area contributed by atoms with E-state index in [4.69, 9.17) is 17.4 Å². The predicted octanol–water partition coefficient (Wildman–Crippen LogP) is 4.22. The Morgan fingerprint density at radius 1 is 1.14 bits per heavy atom. The van der Waals surface area contributed by atoms with E-state index in [1.165, 1.54) is 11.1 Å². The van der Waals surface area contributed by atoms with E-state index in [0.29, 0.717) is 5.92 Å². The molecule has 0 aromatic heterocycles. The second-order valence-electron chi connectivity index (χ2n) is 5.50. The normalized spacial score (nSPS) is 13.9. The Kier molecular flexibility index (Phi) is 5.80. The molecule has 0 aliphatic heterocycles. The van der Waals surface area contributed by atoms with Gasteiger partial charge in [0.2, 0.25) is 0 Å². The van der Waals surface area contributed by atoms with E-state index in [1.807, 2.05) is 19.1 Å². The van der Waals surface area contributed by atoms with Crippen LogP contribution in [-0.4, -0.2) is 6.04 Å². The number of nitrogens with two attached hydrogens (primary N) is 1. The molecule has 0 saturated carbocycles. The van der Waals surface area contributed by atoms with Gasteiger partial charge in [-0.15, -0.1) is 0 Å². The van der Waals surface area contributed by atoms with Gasteiger partial charge >= 0.3 is 0 Å². The lowest BCUT2D eigenvalue weighted by atomic mass is 9.86. The fraction of sp³-hybridized carbons (Fsp3) is 0.333. The molecule has 2 rings (SSSR count). The van der Waals surface area contributed by atoms with Gasteiger partial charge in [-0.25, -0.2) is 0 Å². The van der Waals surface area contributed by atoms with Crippen molar-refractivity contribution in [2.24, 2.45) is 5.84 Å². The molecule has 21 heavy (non-hydrogen) atoms. The third-order valence-electron chi connectivity index (χ3n) is 4.02. The quantitative estimate of drug-likeness (QED) is 0.619. The number of aryl methyl sites for hydroxylation is 1. The standard InChI is InChI=1S/C18H23ClN2/c1-3-16(14-7-5-4-6-8-14)18(21-20)12-15-10-9-13(2)11-17(15)19/h4-11,16,18,21H,3,12,20H2,1-2H3. The average molecular weight is 303 g/mol. The van der Waals surface area contributed by atoms with Gasteiger partial charge in [-0.1, -0.05) is 61.0 Å². The van der Waals surface area contributed by atoms with Crippen LogP contribution in [0.3, 0.4) is 0 Å². The lowest BCUT2D eigenvalue weighted by Crippen LogP contribution is -2.41. The fourth-order valence-electron chi connectivity index (χ4n) is 2.82. The maximum atomic E-state index is 6.36. The van der Waals surface area contributed by atoms with E-state index in [2.05, 4.69) is 48.7 Å². The van der Waals surface area contributed by atoms with Gasteiger partial charge in [-0.3, -0.25) is 11.3 Å². The highest BCUT2D eigenvalue weighted by molar-refractivity contribution is 6.31.